The first-order chi connectivity index (χ1) is 6.20. The van der Waals surface area contributed by atoms with Gasteiger partial charge < -0.3 is 9.90 Å². The first-order valence-corrected chi connectivity index (χ1v) is 4.18. The molecule has 0 radical (unpaired) electrons. The number of hydrogen-bond acceptors (Lipinski definition) is 2. The van der Waals surface area contributed by atoms with Crippen LogP contribution in [-0.4, -0.2) is 5.97 Å². The van der Waals surface area contributed by atoms with Crippen LogP contribution in [0.25, 0.3) is 5.57 Å². The molecule has 0 spiro atoms. The maximum absolute atomic E-state index is 10.8. The highest BCUT2D eigenvalue weighted by molar-refractivity contribution is 5.87. The van der Waals surface area contributed by atoms with Crippen molar-refractivity contribution in [3.05, 3.63) is 41.5 Å². The summed E-state index contributed by atoms with van der Waals surface area (Å²) in [5.74, 6) is -1.58. The largest absolute Gasteiger partial charge is 0.549 e. The minimum Gasteiger partial charge on any atom is -0.549 e. The summed E-state index contributed by atoms with van der Waals surface area (Å²) in [7, 11) is 0. The van der Waals surface area contributed by atoms with E-state index in [0.717, 1.165) is 16.7 Å². The Bertz CT molecular complexity index is 391. The molecule has 0 fully saturated rings. The predicted molar refractivity (Wildman–Crippen MR) is 47.8 cm³/mol. The molecule has 2 rings (SSSR count). The topological polar surface area (TPSA) is 40.1 Å². The molecule has 0 aromatic heterocycles. The summed E-state index contributed by atoms with van der Waals surface area (Å²) in [4.78, 5) is 10.8. The van der Waals surface area contributed by atoms with Crippen LogP contribution in [0.15, 0.2) is 30.3 Å². The normalized spacial score (nSPS) is 19.5. The van der Waals surface area contributed by atoms with Crippen LogP contribution in [-0.2, 0) is 4.79 Å². The quantitative estimate of drug-likeness (QED) is 0.634. The van der Waals surface area contributed by atoms with E-state index in [0.29, 0.717) is 0 Å². The molecule has 0 heterocycles. The Balaban J connectivity index is 2.56. The molecule has 1 aromatic carbocycles. The van der Waals surface area contributed by atoms with Crippen molar-refractivity contribution in [2.75, 3.05) is 0 Å². The zero-order valence-electron chi connectivity index (χ0n) is 7.28. The summed E-state index contributed by atoms with van der Waals surface area (Å²) in [6.45, 7) is 1.92. The third-order valence-corrected chi connectivity index (χ3v) is 2.39. The van der Waals surface area contributed by atoms with E-state index in [1.165, 1.54) is 0 Å². The summed E-state index contributed by atoms with van der Waals surface area (Å²) in [5.41, 5.74) is 2.89. The number of aliphatic carboxylic acids is 1. The summed E-state index contributed by atoms with van der Waals surface area (Å²) < 4.78 is 0. The Morgan fingerprint density at radius 3 is 2.77 bits per heavy atom. The Hall–Kier alpha value is -1.57. The number of carbonyl (C=O) groups is 1. The van der Waals surface area contributed by atoms with E-state index in [-0.39, 0.29) is 0 Å². The van der Waals surface area contributed by atoms with Gasteiger partial charge in [0.05, 0.1) is 5.97 Å². The van der Waals surface area contributed by atoms with Crippen molar-refractivity contribution in [3.8, 4) is 0 Å². The van der Waals surface area contributed by atoms with Gasteiger partial charge in [0.2, 0.25) is 0 Å². The lowest BCUT2D eigenvalue weighted by Gasteiger charge is -2.10. The first-order valence-electron chi connectivity index (χ1n) is 4.18. The summed E-state index contributed by atoms with van der Waals surface area (Å²) in [6, 6.07) is 7.53. The standard InChI is InChI=1S/C11H10O2/c1-7-6-10(11(12)13)9-5-3-2-4-8(7)9/h2-6,10H,1H3,(H,12,13)/p-1/t10-/m0/s1. The van der Waals surface area contributed by atoms with Gasteiger partial charge in [-0.05, 0) is 23.6 Å². The SMILES string of the molecule is CC1=C[C@H](C(=O)[O-])c2ccccc21. The van der Waals surface area contributed by atoms with Gasteiger partial charge in [-0.25, -0.2) is 0 Å². The van der Waals surface area contributed by atoms with Crippen molar-refractivity contribution in [2.45, 2.75) is 12.8 Å². The lowest BCUT2D eigenvalue weighted by molar-refractivity contribution is -0.306. The van der Waals surface area contributed by atoms with Gasteiger partial charge in [-0.15, -0.1) is 0 Å². The number of benzene rings is 1. The molecular weight excluding hydrogens is 164 g/mol. The van der Waals surface area contributed by atoms with Gasteiger partial charge in [0.1, 0.15) is 0 Å². The highest BCUT2D eigenvalue weighted by Crippen LogP contribution is 2.34. The Morgan fingerprint density at radius 1 is 1.38 bits per heavy atom. The number of hydrogen-bond donors (Lipinski definition) is 0. The Morgan fingerprint density at radius 2 is 2.08 bits per heavy atom. The zero-order chi connectivity index (χ0) is 9.42. The van der Waals surface area contributed by atoms with E-state index >= 15 is 0 Å². The molecule has 0 bridgehead atoms. The van der Waals surface area contributed by atoms with Gasteiger partial charge in [0, 0.05) is 5.92 Å². The Kier molecular flexibility index (Phi) is 1.69. The number of carboxylic acids is 1. The molecule has 1 atom stereocenters. The fourth-order valence-corrected chi connectivity index (χ4v) is 1.75. The summed E-state index contributed by atoms with van der Waals surface area (Å²) >= 11 is 0. The van der Waals surface area contributed by atoms with Crippen LogP contribution in [0.5, 0.6) is 0 Å². The number of allylic oxidation sites excluding steroid dienone is 1. The number of fused-ring (bicyclic) bond motifs is 1. The fourth-order valence-electron chi connectivity index (χ4n) is 1.75. The maximum atomic E-state index is 10.8. The summed E-state index contributed by atoms with van der Waals surface area (Å²) in [5, 5.41) is 10.8. The van der Waals surface area contributed by atoms with E-state index in [9.17, 15) is 9.90 Å². The monoisotopic (exact) mass is 173 g/mol. The van der Waals surface area contributed by atoms with Crippen molar-refractivity contribution in [3.63, 3.8) is 0 Å². The van der Waals surface area contributed by atoms with E-state index in [1.54, 1.807) is 6.08 Å². The molecule has 1 aliphatic rings. The third-order valence-electron chi connectivity index (χ3n) is 2.39. The molecule has 0 saturated heterocycles. The molecule has 13 heavy (non-hydrogen) atoms. The van der Waals surface area contributed by atoms with Crippen LogP contribution in [0.1, 0.15) is 24.0 Å². The lowest BCUT2D eigenvalue weighted by Crippen LogP contribution is -2.27. The smallest absolute Gasteiger partial charge is 0.0527 e. The van der Waals surface area contributed by atoms with Gasteiger partial charge in [-0.1, -0.05) is 30.3 Å². The van der Waals surface area contributed by atoms with Crippen molar-refractivity contribution >= 4 is 11.5 Å². The van der Waals surface area contributed by atoms with E-state index in [4.69, 9.17) is 0 Å². The van der Waals surface area contributed by atoms with Crippen LogP contribution >= 0.6 is 0 Å². The average Bonchev–Trinajstić information content (AvgIpc) is 2.45. The van der Waals surface area contributed by atoms with Gasteiger partial charge >= 0.3 is 0 Å². The Labute approximate surface area is 76.5 Å². The van der Waals surface area contributed by atoms with Gasteiger partial charge in [-0.2, -0.15) is 0 Å². The van der Waals surface area contributed by atoms with Crippen molar-refractivity contribution in [2.24, 2.45) is 0 Å². The lowest BCUT2D eigenvalue weighted by atomic mass is 10.0. The molecule has 0 N–H and O–H groups in total. The second-order valence-electron chi connectivity index (χ2n) is 3.23. The molecule has 1 aromatic rings. The molecule has 0 amide bonds. The molecule has 66 valence electrons. The van der Waals surface area contributed by atoms with E-state index < -0.39 is 11.9 Å². The van der Waals surface area contributed by atoms with Crippen LogP contribution in [0, 0.1) is 0 Å². The second-order valence-corrected chi connectivity index (χ2v) is 3.23. The highest BCUT2D eigenvalue weighted by atomic mass is 16.4. The molecule has 0 saturated carbocycles. The van der Waals surface area contributed by atoms with E-state index in [2.05, 4.69) is 0 Å². The van der Waals surface area contributed by atoms with Crippen molar-refractivity contribution < 1.29 is 9.90 Å². The van der Waals surface area contributed by atoms with Gasteiger partial charge in [-0.3, -0.25) is 0 Å². The first kappa shape index (κ1) is 8.05. The van der Waals surface area contributed by atoms with Crippen LogP contribution in [0.3, 0.4) is 0 Å². The molecule has 0 unspecified atom stereocenters. The third kappa shape index (κ3) is 1.15. The average molecular weight is 173 g/mol. The fraction of sp³-hybridized carbons (Fsp3) is 0.182. The number of rotatable bonds is 1. The summed E-state index contributed by atoms with van der Waals surface area (Å²) in [6.07, 6.45) is 1.74. The molecule has 2 nitrogen and oxygen atoms in total. The van der Waals surface area contributed by atoms with Crippen molar-refractivity contribution in [1.29, 1.82) is 0 Å². The van der Waals surface area contributed by atoms with Crippen molar-refractivity contribution in [1.82, 2.24) is 0 Å². The molecule has 0 aliphatic heterocycles. The number of carbonyl (C=O) groups excluding carboxylic acids is 1. The second kappa shape index (κ2) is 2.73. The molecular formula is C11H9O2-. The highest BCUT2D eigenvalue weighted by Gasteiger charge is 2.20. The maximum Gasteiger partial charge on any atom is 0.0527 e. The van der Waals surface area contributed by atoms with E-state index in [1.807, 2.05) is 31.2 Å². The minimum atomic E-state index is -1.02. The van der Waals surface area contributed by atoms with Gasteiger partial charge in [0.15, 0.2) is 0 Å². The molecule has 1 aliphatic carbocycles. The zero-order valence-corrected chi connectivity index (χ0v) is 7.28. The van der Waals surface area contributed by atoms with Crippen LogP contribution in [0.4, 0.5) is 0 Å². The molecule has 2 heteroatoms. The van der Waals surface area contributed by atoms with Crippen LogP contribution < -0.4 is 5.11 Å². The van der Waals surface area contributed by atoms with Crippen LogP contribution in [0.2, 0.25) is 0 Å². The van der Waals surface area contributed by atoms with Gasteiger partial charge in [0.25, 0.3) is 0 Å². The number of carboxylic acid groups (broad SMARTS) is 1. The minimum absolute atomic E-state index is 0.559. The predicted octanol–water partition coefficient (Wildman–Crippen LogP) is 0.937.